The van der Waals surface area contributed by atoms with E-state index in [9.17, 15) is 0 Å². The van der Waals surface area contributed by atoms with Crippen LogP contribution >= 0.6 is 0 Å². The Labute approximate surface area is 220 Å². The van der Waals surface area contributed by atoms with Crippen molar-refractivity contribution in [1.82, 2.24) is 0 Å². The molecule has 0 aromatic heterocycles. The fourth-order valence-corrected chi connectivity index (χ4v) is 8.61. The SMILES string of the molecule is CCCCOC1CCC2CC(CCC3CCC(C4CCC(CCCC)CC4)CC3)C(F)C(F)C2C1F. The number of fused-ring (bicyclic) bond motifs is 1. The number of ether oxygens (including phenoxy) is 1. The molecule has 4 rings (SSSR count). The molecule has 0 amide bonds. The van der Waals surface area contributed by atoms with E-state index in [2.05, 4.69) is 13.8 Å². The summed E-state index contributed by atoms with van der Waals surface area (Å²) >= 11 is 0. The summed E-state index contributed by atoms with van der Waals surface area (Å²) in [5.41, 5.74) is 0. The third kappa shape index (κ3) is 7.23. The van der Waals surface area contributed by atoms with Crippen molar-refractivity contribution in [3.8, 4) is 0 Å². The van der Waals surface area contributed by atoms with E-state index in [1.165, 1.54) is 70.6 Å². The fourth-order valence-electron chi connectivity index (χ4n) is 8.61. The van der Waals surface area contributed by atoms with Crippen LogP contribution in [-0.4, -0.2) is 31.2 Å². The number of hydrogen-bond donors (Lipinski definition) is 0. The van der Waals surface area contributed by atoms with Gasteiger partial charge in [0.15, 0.2) is 0 Å². The topological polar surface area (TPSA) is 9.23 Å². The molecule has 4 saturated carbocycles. The molecule has 7 atom stereocenters. The maximum Gasteiger partial charge on any atom is 0.137 e. The zero-order valence-electron chi connectivity index (χ0n) is 23.3. The summed E-state index contributed by atoms with van der Waals surface area (Å²) < 4.78 is 51.3. The van der Waals surface area contributed by atoms with Gasteiger partial charge in [0.05, 0.1) is 6.10 Å². The highest BCUT2D eigenvalue weighted by molar-refractivity contribution is 5.01. The second kappa shape index (κ2) is 14.2. The number of halogens is 3. The summed E-state index contributed by atoms with van der Waals surface area (Å²) in [7, 11) is 0. The third-order valence-corrected chi connectivity index (χ3v) is 11.0. The molecule has 0 spiro atoms. The second-order valence-electron chi connectivity index (χ2n) is 13.3. The van der Waals surface area contributed by atoms with Crippen molar-refractivity contribution in [2.75, 3.05) is 6.61 Å². The van der Waals surface area contributed by atoms with Crippen LogP contribution in [-0.2, 0) is 4.74 Å². The van der Waals surface area contributed by atoms with Crippen LogP contribution in [0, 0.1) is 41.4 Å². The molecule has 0 radical (unpaired) electrons. The van der Waals surface area contributed by atoms with Crippen LogP contribution in [0.25, 0.3) is 0 Å². The lowest BCUT2D eigenvalue weighted by Crippen LogP contribution is -2.53. The summed E-state index contributed by atoms with van der Waals surface area (Å²) in [4.78, 5) is 0. The summed E-state index contributed by atoms with van der Waals surface area (Å²) in [6.45, 7) is 4.90. The van der Waals surface area contributed by atoms with Crippen LogP contribution in [0.4, 0.5) is 13.2 Å². The zero-order valence-corrected chi connectivity index (χ0v) is 23.3. The van der Waals surface area contributed by atoms with Crippen molar-refractivity contribution in [2.24, 2.45) is 41.4 Å². The average Bonchev–Trinajstić information content (AvgIpc) is 2.90. The Morgan fingerprint density at radius 3 is 1.78 bits per heavy atom. The number of unbranched alkanes of at least 4 members (excludes halogenated alkanes) is 2. The zero-order chi connectivity index (χ0) is 25.5. The number of rotatable bonds is 11. The predicted octanol–water partition coefficient (Wildman–Crippen LogP) is 9.82. The molecule has 4 aliphatic rings. The van der Waals surface area contributed by atoms with Gasteiger partial charge in [-0.1, -0.05) is 71.6 Å². The van der Waals surface area contributed by atoms with Crippen molar-refractivity contribution >= 4 is 0 Å². The van der Waals surface area contributed by atoms with Gasteiger partial charge in [0.25, 0.3) is 0 Å². The lowest BCUT2D eigenvalue weighted by molar-refractivity contribution is -0.125. The second-order valence-corrected chi connectivity index (χ2v) is 13.3. The smallest absolute Gasteiger partial charge is 0.137 e. The van der Waals surface area contributed by atoms with Crippen LogP contribution in [0.3, 0.4) is 0 Å². The molecule has 0 aromatic carbocycles. The Morgan fingerprint density at radius 2 is 1.17 bits per heavy atom. The minimum atomic E-state index is -1.66. The van der Waals surface area contributed by atoms with E-state index >= 15 is 13.2 Å². The van der Waals surface area contributed by atoms with Gasteiger partial charge in [-0.15, -0.1) is 0 Å². The van der Waals surface area contributed by atoms with Crippen molar-refractivity contribution in [3.63, 3.8) is 0 Å². The molecule has 7 unspecified atom stereocenters. The molecule has 1 nitrogen and oxygen atoms in total. The summed E-state index contributed by atoms with van der Waals surface area (Å²) in [6.07, 6.45) is 16.0. The van der Waals surface area contributed by atoms with Gasteiger partial charge in [-0.25, -0.2) is 13.2 Å². The largest absolute Gasteiger partial charge is 0.375 e. The molecular weight excluding hydrogens is 457 g/mol. The van der Waals surface area contributed by atoms with Gasteiger partial charge >= 0.3 is 0 Å². The van der Waals surface area contributed by atoms with E-state index < -0.39 is 30.5 Å². The fraction of sp³-hybridized carbons (Fsp3) is 1.00. The maximum absolute atomic E-state index is 15.2. The summed E-state index contributed by atoms with van der Waals surface area (Å²) in [5.74, 6) is 2.48. The molecule has 0 aliphatic heterocycles. The lowest BCUT2D eigenvalue weighted by Gasteiger charge is -2.47. The first-order chi connectivity index (χ1) is 17.5. The standard InChI is InChI=1S/C32H55F3O/c1-3-5-7-22-8-13-24(14-9-22)25-15-10-23(11-16-25)12-17-27-21-26-18-19-28(36-20-6-4-2)31(34)29(26)32(35)30(27)33/h22-32H,3-21H2,1-2H3. The Balaban J connectivity index is 1.17. The van der Waals surface area contributed by atoms with E-state index in [0.29, 0.717) is 25.4 Å². The lowest BCUT2D eigenvalue weighted by atomic mass is 9.63. The summed E-state index contributed by atoms with van der Waals surface area (Å²) in [5, 5.41) is 0. The van der Waals surface area contributed by atoms with Gasteiger partial charge in [0.1, 0.15) is 18.5 Å². The first kappa shape index (κ1) is 28.8. The van der Waals surface area contributed by atoms with Gasteiger partial charge in [-0.05, 0) is 93.3 Å². The third-order valence-electron chi connectivity index (χ3n) is 11.0. The highest BCUT2D eigenvalue weighted by Crippen LogP contribution is 2.49. The van der Waals surface area contributed by atoms with Crippen molar-refractivity contribution in [2.45, 2.75) is 154 Å². The van der Waals surface area contributed by atoms with E-state index in [-0.39, 0.29) is 11.8 Å². The van der Waals surface area contributed by atoms with Crippen LogP contribution in [0.15, 0.2) is 0 Å². The predicted molar refractivity (Wildman–Crippen MR) is 143 cm³/mol. The van der Waals surface area contributed by atoms with Gasteiger partial charge in [0.2, 0.25) is 0 Å². The molecule has 4 heteroatoms. The molecule has 0 bridgehead atoms. The van der Waals surface area contributed by atoms with Crippen LogP contribution in [0.2, 0.25) is 0 Å². The Bertz CT molecular complexity index is 611. The highest BCUT2D eigenvalue weighted by Gasteiger charge is 2.53. The minimum absolute atomic E-state index is 0.0128. The van der Waals surface area contributed by atoms with E-state index in [1.807, 2.05) is 0 Å². The molecule has 36 heavy (non-hydrogen) atoms. The number of alkyl halides is 3. The van der Waals surface area contributed by atoms with Crippen LogP contribution < -0.4 is 0 Å². The van der Waals surface area contributed by atoms with Gasteiger partial charge < -0.3 is 4.74 Å². The van der Waals surface area contributed by atoms with E-state index in [1.54, 1.807) is 0 Å². The Morgan fingerprint density at radius 1 is 0.583 bits per heavy atom. The first-order valence-electron chi connectivity index (χ1n) is 16.1. The average molecular weight is 513 g/mol. The molecular formula is C32H55F3O. The minimum Gasteiger partial charge on any atom is -0.375 e. The molecule has 210 valence electrons. The Hall–Kier alpha value is -0.250. The van der Waals surface area contributed by atoms with Crippen molar-refractivity contribution in [1.29, 1.82) is 0 Å². The molecule has 0 aromatic rings. The molecule has 0 heterocycles. The maximum atomic E-state index is 15.2. The van der Waals surface area contributed by atoms with Crippen molar-refractivity contribution in [3.05, 3.63) is 0 Å². The first-order valence-corrected chi connectivity index (χ1v) is 16.1. The quantitative estimate of drug-likeness (QED) is 0.250. The normalized spacial score (nSPS) is 43.8. The van der Waals surface area contributed by atoms with Crippen molar-refractivity contribution < 1.29 is 17.9 Å². The molecule has 0 N–H and O–H groups in total. The molecule has 0 saturated heterocycles. The van der Waals surface area contributed by atoms with Crippen LogP contribution in [0.5, 0.6) is 0 Å². The highest BCUT2D eigenvalue weighted by atomic mass is 19.2. The molecule has 4 fully saturated rings. The summed E-state index contributed by atoms with van der Waals surface area (Å²) in [6, 6.07) is 0. The van der Waals surface area contributed by atoms with Gasteiger partial charge in [-0.2, -0.15) is 0 Å². The van der Waals surface area contributed by atoms with E-state index in [0.717, 1.165) is 49.9 Å². The monoisotopic (exact) mass is 512 g/mol. The molecule has 4 aliphatic carbocycles. The van der Waals surface area contributed by atoms with Gasteiger partial charge in [0, 0.05) is 12.5 Å². The Kier molecular flexibility index (Phi) is 11.4. The van der Waals surface area contributed by atoms with Gasteiger partial charge in [-0.3, -0.25) is 0 Å². The van der Waals surface area contributed by atoms with E-state index in [4.69, 9.17) is 4.74 Å². The number of hydrogen-bond acceptors (Lipinski definition) is 1. The van der Waals surface area contributed by atoms with Crippen LogP contribution in [0.1, 0.15) is 129 Å².